The van der Waals surface area contributed by atoms with Gasteiger partial charge in [-0.05, 0) is 31.9 Å². The van der Waals surface area contributed by atoms with Crippen LogP contribution >= 0.6 is 0 Å². The maximum absolute atomic E-state index is 11.7. The normalized spacial score (nSPS) is 10.4. The van der Waals surface area contributed by atoms with Gasteiger partial charge < -0.3 is 9.30 Å². The minimum absolute atomic E-state index is 0.207. The summed E-state index contributed by atoms with van der Waals surface area (Å²) >= 11 is 0. The first-order valence-corrected chi connectivity index (χ1v) is 6.03. The van der Waals surface area contributed by atoms with Crippen LogP contribution in [-0.4, -0.2) is 17.1 Å². The van der Waals surface area contributed by atoms with Gasteiger partial charge in [0.25, 0.3) is 0 Å². The highest BCUT2D eigenvalue weighted by Crippen LogP contribution is 2.13. The summed E-state index contributed by atoms with van der Waals surface area (Å²) in [5, 5.41) is 0. The summed E-state index contributed by atoms with van der Waals surface area (Å²) in [7, 11) is 0. The first-order valence-electron chi connectivity index (χ1n) is 6.03. The van der Waals surface area contributed by atoms with Crippen LogP contribution in [0, 0.1) is 6.92 Å². The van der Waals surface area contributed by atoms with Crippen LogP contribution in [0.1, 0.15) is 49.2 Å². The van der Waals surface area contributed by atoms with Crippen LogP contribution in [0.4, 0.5) is 0 Å². The van der Waals surface area contributed by atoms with Crippen molar-refractivity contribution in [3.05, 3.63) is 23.5 Å². The van der Waals surface area contributed by atoms with E-state index in [1.54, 1.807) is 0 Å². The van der Waals surface area contributed by atoms with Crippen molar-refractivity contribution in [3.63, 3.8) is 0 Å². The second kappa shape index (κ2) is 6.36. The topological polar surface area (TPSA) is 31.2 Å². The van der Waals surface area contributed by atoms with E-state index in [2.05, 4.69) is 6.92 Å². The monoisotopic (exact) mass is 223 g/mol. The third kappa shape index (κ3) is 3.12. The minimum atomic E-state index is -0.207. The van der Waals surface area contributed by atoms with E-state index in [9.17, 15) is 4.79 Å². The number of carbonyl (C=O) groups excluding carboxylic acids is 1. The standard InChI is InChI=1S/C13H21NO2/c1-4-6-7-9-14-10-8-11(3)12(14)13(15)16-5-2/h8,10H,4-7,9H2,1-3H3. The molecule has 16 heavy (non-hydrogen) atoms. The van der Waals surface area contributed by atoms with Gasteiger partial charge >= 0.3 is 5.97 Å². The lowest BCUT2D eigenvalue weighted by Gasteiger charge is -2.09. The molecule has 0 atom stereocenters. The Hall–Kier alpha value is -1.25. The van der Waals surface area contributed by atoms with Crippen LogP contribution in [0.15, 0.2) is 12.3 Å². The van der Waals surface area contributed by atoms with Crippen molar-refractivity contribution < 1.29 is 9.53 Å². The lowest BCUT2D eigenvalue weighted by Crippen LogP contribution is -2.13. The number of ether oxygens (including phenoxy) is 1. The number of aryl methyl sites for hydroxylation is 2. The van der Waals surface area contributed by atoms with Gasteiger partial charge in [0.1, 0.15) is 5.69 Å². The van der Waals surface area contributed by atoms with Crippen molar-refractivity contribution in [2.45, 2.75) is 46.6 Å². The van der Waals surface area contributed by atoms with Crippen LogP contribution in [0.3, 0.4) is 0 Å². The second-order valence-electron chi connectivity index (χ2n) is 3.97. The SMILES string of the molecule is CCCCCn1ccc(C)c1C(=O)OCC. The molecule has 1 rings (SSSR count). The predicted octanol–water partition coefficient (Wildman–Crippen LogP) is 3.16. The number of hydrogen-bond donors (Lipinski definition) is 0. The molecule has 1 heterocycles. The molecule has 0 spiro atoms. The Morgan fingerprint density at radius 2 is 2.12 bits per heavy atom. The Kier molecular flexibility index (Phi) is 5.09. The molecule has 0 bridgehead atoms. The van der Waals surface area contributed by atoms with Crippen molar-refractivity contribution in [2.24, 2.45) is 0 Å². The molecule has 0 aliphatic carbocycles. The number of unbranched alkanes of at least 4 members (excludes halogenated alkanes) is 2. The predicted molar refractivity (Wildman–Crippen MR) is 64.7 cm³/mol. The van der Waals surface area contributed by atoms with E-state index in [0.717, 1.165) is 18.5 Å². The average Bonchev–Trinajstić information content (AvgIpc) is 2.61. The van der Waals surface area contributed by atoms with E-state index in [-0.39, 0.29) is 5.97 Å². The number of carbonyl (C=O) groups is 1. The molecule has 0 fully saturated rings. The van der Waals surface area contributed by atoms with Crippen molar-refractivity contribution in [1.29, 1.82) is 0 Å². The number of nitrogens with zero attached hydrogens (tertiary/aromatic N) is 1. The Morgan fingerprint density at radius 1 is 1.38 bits per heavy atom. The summed E-state index contributed by atoms with van der Waals surface area (Å²) in [6.07, 6.45) is 5.46. The van der Waals surface area contributed by atoms with Gasteiger partial charge in [-0.25, -0.2) is 4.79 Å². The zero-order valence-electron chi connectivity index (χ0n) is 10.5. The summed E-state index contributed by atoms with van der Waals surface area (Å²) in [4.78, 5) is 11.7. The van der Waals surface area contributed by atoms with Crippen LogP contribution in [0.25, 0.3) is 0 Å². The molecule has 0 radical (unpaired) electrons. The number of esters is 1. The summed E-state index contributed by atoms with van der Waals surface area (Å²) in [5.41, 5.74) is 1.70. The van der Waals surface area contributed by atoms with Crippen molar-refractivity contribution >= 4 is 5.97 Å². The summed E-state index contributed by atoms with van der Waals surface area (Å²) in [5.74, 6) is -0.207. The second-order valence-corrected chi connectivity index (χ2v) is 3.97. The van der Waals surface area contributed by atoms with Gasteiger partial charge in [0.15, 0.2) is 0 Å². The molecule has 1 aromatic rings. The molecule has 0 aliphatic rings. The Labute approximate surface area is 97.4 Å². The van der Waals surface area contributed by atoms with E-state index < -0.39 is 0 Å². The van der Waals surface area contributed by atoms with Crippen LogP contribution in [0.2, 0.25) is 0 Å². The summed E-state index contributed by atoms with van der Waals surface area (Å²) in [6.45, 7) is 7.28. The van der Waals surface area contributed by atoms with Crippen molar-refractivity contribution in [1.82, 2.24) is 4.57 Å². The quantitative estimate of drug-likeness (QED) is 0.548. The highest BCUT2D eigenvalue weighted by molar-refractivity contribution is 5.89. The van der Waals surface area contributed by atoms with E-state index in [0.29, 0.717) is 12.3 Å². The van der Waals surface area contributed by atoms with E-state index in [4.69, 9.17) is 4.74 Å². The fourth-order valence-corrected chi connectivity index (χ4v) is 1.78. The zero-order valence-corrected chi connectivity index (χ0v) is 10.5. The fourth-order valence-electron chi connectivity index (χ4n) is 1.78. The number of rotatable bonds is 6. The van der Waals surface area contributed by atoms with Crippen LogP contribution in [0.5, 0.6) is 0 Å². The molecule has 0 saturated heterocycles. The lowest BCUT2D eigenvalue weighted by atomic mass is 10.2. The molecular weight excluding hydrogens is 202 g/mol. The molecule has 0 N–H and O–H groups in total. The maximum Gasteiger partial charge on any atom is 0.355 e. The van der Waals surface area contributed by atoms with E-state index in [1.165, 1.54) is 12.8 Å². The van der Waals surface area contributed by atoms with Gasteiger partial charge in [0, 0.05) is 12.7 Å². The molecule has 0 saturated carbocycles. The van der Waals surface area contributed by atoms with Gasteiger partial charge in [0.2, 0.25) is 0 Å². The Balaban J connectivity index is 2.73. The van der Waals surface area contributed by atoms with Gasteiger partial charge in [-0.3, -0.25) is 0 Å². The lowest BCUT2D eigenvalue weighted by molar-refractivity contribution is 0.0512. The van der Waals surface area contributed by atoms with E-state index >= 15 is 0 Å². The van der Waals surface area contributed by atoms with Gasteiger partial charge in [-0.15, -0.1) is 0 Å². The van der Waals surface area contributed by atoms with Crippen LogP contribution in [-0.2, 0) is 11.3 Å². The average molecular weight is 223 g/mol. The zero-order chi connectivity index (χ0) is 12.0. The van der Waals surface area contributed by atoms with Crippen molar-refractivity contribution in [2.75, 3.05) is 6.61 Å². The maximum atomic E-state index is 11.7. The molecule has 3 heteroatoms. The first kappa shape index (κ1) is 12.8. The molecular formula is C13H21NO2. The third-order valence-electron chi connectivity index (χ3n) is 2.64. The number of hydrogen-bond acceptors (Lipinski definition) is 2. The van der Waals surface area contributed by atoms with Gasteiger partial charge in [-0.1, -0.05) is 19.8 Å². The van der Waals surface area contributed by atoms with Crippen LogP contribution < -0.4 is 0 Å². The highest BCUT2D eigenvalue weighted by Gasteiger charge is 2.15. The first-order chi connectivity index (χ1) is 7.70. The van der Waals surface area contributed by atoms with E-state index in [1.807, 2.05) is 30.7 Å². The molecule has 0 aliphatic heterocycles. The molecule has 90 valence electrons. The third-order valence-corrected chi connectivity index (χ3v) is 2.64. The van der Waals surface area contributed by atoms with Crippen molar-refractivity contribution in [3.8, 4) is 0 Å². The van der Waals surface area contributed by atoms with Gasteiger partial charge in [0.05, 0.1) is 6.61 Å². The summed E-state index contributed by atoms with van der Waals surface area (Å²) < 4.78 is 7.06. The largest absolute Gasteiger partial charge is 0.461 e. The molecule has 0 aromatic carbocycles. The Bertz CT molecular complexity index is 342. The number of aromatic nitrogens is 1. The Morgan fingerprint density at radius 3 is 2.75 bits per heavy atom. The molecule has 1 aromatic heterocycles. The van der Waals surface area contributed by atoms with Gasteiger partial charge in [-0.2, -0.15) is 0 Å². The summed E-state index contributed by atoms with van der Waals surface area (Å²) in [6, 6.07) is 1.97. The molecule has 3 nitrogen and oxygen atoms in total. The smallest absolute Gasteiger partial charge is 0.355 e. The highest BCUT2D eigenvalue weighted by atomic mass is 16.5. The molecule has 0 unspecified atom stereocenters. The fraction of sp³-hybridized carbons (Fsp3) is 0.615. The minimum Gasteiger partial charge on any atom is -0.461 e. The molecule has 0 amide bonds.